The van der Waals surface area contributed by atoms with E-state index in [2.05, 4.69) is 144 Å². The Hall–Kier alpha value is -4.90. The number of fused-ring (bicyclic) bond motifs is 4. The number of rotatable bonds is 5. The normalized spacial score (nSPS) is 23.2. The van der Waals surface area contributed by atoms with Crippen molar-refractivity contribution < 1.29 is 9.30 Å². The summed E-state index contributed by atoms with van der Waals surface area (Å²) in [4.78, 5) is 4.85. The van der Waals surface area contributed by atoms with Crippen LogP contribution in [0.3, 0.4) is 0 Å². The van der Waals surface area contributed by atoms with Gasteiger partial charge in [0.1, 0.15) is 17.3 Å². The van der Waals surface area contributed by atoms with Crippen molar-refractivity contribution in [3.8, 4) is 23.0 Å². The van der Waals surface area contributed by atoms with Gasteiger partial charge in [0.05, 0.1) is 33.3 Å². The Bertz CT molecular complexity index is 2370. The number of benzene rings is 4. The van der Waals surface area contributed by atoms with E-state index in [1.807, 2.05) is 6.20 Å². The maximum absolute atomic E-state index is 6.66. The van der Waals surface area contributed by atoms with E-state index < -0.39 is 0 Å². The molecule has 4 aliphatic carbocycles. The topological polar surface area (TPSA) is 35.9 Å². The van der Waals surface area contributed by atoms with Crippen molar-refractivity contribution in [3.63, 3.8) is 0 Å². The van der Waals surface area contributed by atoms with Crippen LogP contribution in [0.5, 0.6) is 11.5 Å². The Morgan fingerprint density at radius 1 is 0.714 bits per heavy atom. The van der Waals surface area contributed by atoms with Gasteiger partial charge in [0.25, 0.3) is 0 Å². The summed E-state index contributed by atoms with van der Waals surface area (Å²) in [6, 6.07) is 36.7. The standard InChI is InChI=1S/C44H42N4O/c1-43(2,3)32-17-18-45-42(22-32)48-38-12-5-4-11-36(38)37-16-15-35(24-41(37)48)49-34-10-8-9-33(23-34)46-28-47(40-14-7-6-13-39(40)46)44-25-29-19-30(26-44)21-31(20-29)27-44/h4-18,22-24,29-31H,19-21,25-27H2,1-3H3. The first-order chi connectivity index (χ1) is 23.8. The summed E-state index contributed by atoms with van der Waals surface area (Å²) >= 11 is 0. The summed E-state index contributed by atoms with van der Waals surface area (Å²) < 4.78 is 13.7. The van der Waals surface area contributed by atoms with Crippen molar-refractivity contribution in [3.05, 3.63) is 121 Å². The summed E-state index contributed by atoms with van der Waals surface area (Å²) in [7, 11) is 0. The van der Waals surface area contributed by atoms with Crippen molar-refractivity contribution >= 4 is 32.8 Å². The number of para-hydroxylation sites is 3. The maximum atomic E-state index is 6.66. The fourth-order valence-electron chi connectivity index (χ4n) is 10.0. The van der Waals surface area contributed by atoms with Gasteiger partial charge in [-0.3, -0.25) is 4.57 Å². The molecule has 3 heterocycles. The molecule has 4 saturated carbocycles. The van der Waals surface area contributed by atoms with Crippen LogP contribution in [-0.4, -0.2) is 14.1 Å². The number of aromatic nitrogens is 4. The Balaban J connectivity index is 1.04. The summed E-state index contributed by atoms with van der Waals surface area (Å²) in [6.45, 7) is 6.74. The van der Waals surface area contributed by atoms with E-state index in [1.54, 1.807) is 0 Å². The zero-order valence-corrected chi connectivity index (χ0v) is 28.6. The minimum Gasteiger partial charge on any atom is -0.458 e. The van der Waals surface area contributed by atoms with Gasteiger partial charge in [-0.15, -0.1) is 0 Å². The second-order valence-electron chi connectivity index (χ2n) is 16.2. The largest absolute Gasteiger partial charge is 0.458 e. The molecule has 0 N–H and O–H groups in total. The number of nitrogens with zero attached hydrogens (tertiary/aromatic N) is 4. The van der Waals surface area contributed by atoms with E-state index in [-0.39, 0.29) is 11.0 Å². The number of imidazole rings is 1. The molecule has 0 atom stereocenters. The highest BCUT2D eigenvalue weighted by molar-refractivity contribution is 6.09. The van der Waals surface area contributed by atoms with Crippen molar-refractivity contribution in [1.29, 1.82) is 0 Å². The Labute approximate surface area is 287 Å². The summed E-state index contributed by atoms with van der Waals surface area (Å²) in [5, 5.41) is 2.39. The molecule has 5 nitrogen and oxygen atoms in total. The van der Waals surface area contributed by atoms with Crippen LogP contribution in [-0.2, 0) is 11.0 Å². The van der Waals surface area contributed by atoms with Crippen LogP contribution < -0.4 is 9.30 Å². The van der Waals surface area contributed by atoms with E-state index in [4.69, 9.17) is 9.72 Å². The Morgan fingerprint density at radius 3 is 2.18 bits per heavy atom. The molecule has 0 saturated heterocycles. The molecular formula is C44H42N4O. The molecule has 0 radical (unpaired) electrons. The molecule has 0 spiro atoms. The number of hydrogen-bond acceptors (Lipinski definition) is 2. The molecule has 49 heavy (non-hydrogen) atoms. The van der Waals surface area contributed by atoms with Gasteiger partial charge in [0.2, 0.25) is 6.33 Å². The average Bonchev–Trinajstić information content (AvgIpc) is 3.64. The number of hydrogen-bond donors (Lipinski definition) is 0. The van der Waals surface area contributed by atoms with Crippen LogP contribution in [0.1, 0.15) is 64.9 Å². The van der Waals surface area contributed by atoms with Crippen LogP contribution in [0.15, 0.2) is 109 Å². The Morgan fingerprint density at radius 2 is 1.41 bits per heavy atom. The van der Waals surface area contributed by atoms with Gasteiger partial charge < -0.3 is 13.9 Å². The lowest BCUT2D eigenvalue weighted by atomic mass is 9.53. The highest BCUT2D eigenvalue weighted by Gasteiger charge is 2.54. The van der Waals surface area contributed by atoms with Gasteiger partial charge in [-0.25, -0.2) is 4.98 Å². The van der Waals surface area contributed by atoms with Crippen LogP contribution >= 0.6 is 0 Å². The second-order valence-corrected chi connectivity index (χ2v) is 16.2. The van der Waals surface area contributed by atoms with Crippen LogP contribution in [0.25, 0.3) is 44.3 Å². The summed E-state index contributed by atoms with van der Waals surface area (Å²) in [5.74, 6) is 5.14. The van der Waals surface area contributed by atoms with Crippen molar-refractivity contribution in [2.75, 3.05) is 0 Å². The molecule has 7 aromatic rings. The molecule has 4 aliphatic rings. The van der Waals surface area contributed by atoms with E-state index in [1.165, 1.54) is 65.9 Å². The molecule has 0 aliphatic heterocycles. The number of pyridine rings is 1. The first-order valence-corrected chi connectivity index (χ1v) is 18.1. The zero-order chi connectivity index (χ0) is 32.9. The predicted octanol–water partition coefficient (Wildman–Crippen LogP) is 10.2. The molecule has 4 aromatic carbocycles. The first kappa shape index (κ1) is 29.1. The third-order valence-corrected chi connectivity index (χ3v) is 11.8. The SMILES string of the molecule is CC(C)(C)c1ccnc(-n2c3ccccc3c3ccc(Oc4cccc(-n5[c-][n+](C67CC8CC(CC(C8)C6)C7)c6ccccc65)c4)cc32)c1. The van der Waals surface area contributed by atoms with Crippen molar-refractivity contribution in [1.82, 2.24) is 14.1 Å². The molecule has 5 heteroatoms. The van der Waals surface area contributed by atoms with E-state index in [0.29, 0.717) is 0 Å². The molecule has 244 valence electrons. The van der Waals surface area contributed by atoms with Gasteiger partial charge in [-0.1, -0.05) is 75.4 Å². The van der Waals surface area contributed by atoms with E-state index >= 15 is 0 Å². The maximum Gasteiger partial charge on any atom is 0.244 e. The minimum atomic E-state index is 0.0206. The van der Waals surface area contributed by atoms with Crippen LogP contribution in [0.2, 0.25) is 0 Å². The van der Waals surface area contributed by atoms with Crippen LogP contribution in [0, 0.1) is 24.1 Å². The fraction of sp³-hybridized carbons (Fsp3) is 0.318. The van der Waals surface area contributed by atoms with Gasteiger partial charge in [0, 0.05) is 23.0 Å². The van der Waals surface area contributed by atoms with Crippen molar-refractivity contribution in [2.45, 2.75) is 70.3 Å². The van der Waals surface area contributed by atoms with Gasteiger partial charge in [-0.2, -0.15) is 0 Å². The predicted molar refractivity (Wildman–Crippen MR) is 196 cm³/mol. The molecule has 3 aromatic heterocycles. The lowest BCUT2D eigenvalue weighted by Crippen LogP contribution is -2.64. The van der Waals surface area contributed by atoms with E-state index in [9.17, 15) is 0 Å². The third-order valence-electron chi connectivity index (χ3n) is 11.8. The highest BCUT2D eigenvalue weighted by Crippen LogP contribution is 2.57. The molecule has 4 bridgehead atoms. The minimum absolute atomic E-state index is 0.0206. The second kappa shape index (κ2) is 10.5. The summed E-state index contributed by atoms with van der Waals surface area (Å²) in [5.41, 5.74) is 7.24. The number of ether oxygens (including phenoxy) is 1. The Kier molecular flexibility index (Phi) is 6.25. The lowest BCUT2D eigenvalue weighted by Gasteiger charge is -2.55. The van der Waals surface area contributed by atoms with Gasteiger partial charge >= 0.3 is 0 Å². The van der Waals surface area contributed by atoms with E-state index in [0.717, 1.165) is 51.8 Å². The average molecular weight is 643 g/mol. The smallest absolute Gasteiger partial charge is 0.244 e. The quantitative estimate of drug-likeness (QED) is 0.138. The fourth-order valence-corrected chi connectivity index (χ4v) is 10.0. The molecule has 0 unspecified atom stereocenters. The molecular weight excluding hydrogens is 601 g/mol. The lowest BCUT2D eigenvalue weighted by molar-refractivity contribution is -0.758. The summed E-state index contributed by atoms with van der Waals surface area (Å²) in [6.07, 6.45) is 14.0. The van der Waals surface area contributed by atoms with Gasteiger partial charge in [0.15, 0.2) is 0 Å². The first-order valence-electron chi connectivity index (χ1n) is 18.1. The third kappa shape index (κ3) is 4.65. The molecule has 4 fully saturated rings. The van der Waals surface area contributed by atoms with Crippen LogP contribution in [0.4, 0.5) is 0 Å². The molecule has 11 rings (SSSR count). The zero-order valence-electron chi connectivity index (χ0n) is 28.6. The monoisotopic (exact) mass is 642 g/mol. The molecule has 0 amide bonds. The highest BCUT2D eigenvalue weighted by atomic mass is 16.5. The van der Waals surface area contributed by atoms with Gasteiger partial charge in [-0.05, 0) is 110 Å². The van der Waals surface area contributed by atoms with Crippen molar-refractivity contribution in [2.24, 2.45) is 17.8 Å².